The quantitative estimate of drug-likeness (QED) is 0.404. The van der Waals surface area contributed by atoms with Crippen molar-refractivity contribution in [3.8, 4) is 17.6 Å². The Kier molecular flexibility index (Phi) is 6.37. The fourth-order valence-corrected chi connectivity index (χ4v) is 3.75. The number of hydrogen-bond acceptors (Lipinski definition) is 8. The van der Waals surface area contributed by atoms with Crippen LogP contribution in [0.5, 0.6) is 11.5 Å². The summed E-state index contributed by atoms with van der Waals surface area (Å²) in [5, 5.41) is 12.7. The number of rotatable bonds is 8. The fraction of sp³-hybridized carbons (Fsp3) is 0.455. The van der Waals surface area contributed by atoms with E-state index in [1.54, 1.807) is 0 Å². The molecule has 0 aliphatic carbocycles. The zero-order chi connectivity index (χ0) is 22.7. The molecule has 2 aromatic heterocycles. The van der Waals surface area contributed by atoms with E-state index >= 15 is 0 Å². The van der Waals surface area contributed by atoms with Crippen molar-refractivity contribution < 1.29 is 13.9 Å². The number of nitrogens with zero attached hydrogens (tertiary/aromatic N) is 5. The Morgan fingerprint density at radius 1 is 1.19 bits per heavy atom. The standard InChI is InChI=1S/C22H26FN7O2/c1-13(2)12-26-5-6-30-18(27-19-20(25)28-22(23)29-21(19)30)11-15-10-17-16(31-7-8-32-17)9-14(15)3-4-24/h9-10,13,26H,3,5-8,11-12H2,1-2H3,(H2,25,28,29). The van der Waals surface area contributed by atoms with E-state index in [0.717, 1.165) is 17.7 Å². The zero-order valence-electron chi connectivity index (χ0n) is 18.2. The molecule has 1 aliphatic rings. The first-order valence-electron chi connectivity index (χ1n) is 10.6. The number of fused-ring (bicyclic) bond motifs is 2. The van der Waals surface area contributed by atoms with Gasteiger partial charge in [-0.15, -0.1) is 0 Å². The molecule has 1 aliphatic heterocycles. The second-order valence-electron chi connectivity index (χ2n) is 8.10. The third kappa shape index (κ3) is 4.57. The van der Waals surface area contributed by atoms with Gasteiger partial charge in [0.1, 0.15) is 19.0 Å². The predicted molar refractivity (Wildman–Crippen MR) is 117 cm³/mol. The maximum Gasteiger partial charge on any atom is 0.312 e. The second-order valence-corrected chi connectivity index (χ2v) is 8.10. The largest absolute Gasteiger partial charge is 0.486 e. The minimum absolute atomic E-state index is 0.00191. The van der Waals surface area contributed by atoms with Crippen LogP contribution in [-0.4, -0.2) is 45.8 Å². The molecule has 0 unspecified atom stereocenters. The third-order valence-corrected chi connectivity index (χ3v) is 5.22. The van der Waals surface area contributed by atoms with Crippen molar-refractivity contribution in [2.24, 2.45) is 5.92 Å². The molecule has 168 valence electrons. The highest BCUT2D eigenvalue weighted by Gasteiger charge is 2.21. The predicted octanol–water partition coefficient (Wildman–Crippen LogP) is 2.22. The average molecular weight is 439 g/mol. The highest BCUT2D eigenvalue weighted by molar-refractivity contribution is 5.82. The van der Waals surface area contributed by atoms with Gasteiger partial charge >= 0.3 is 6.08 Å². The maximum absolute atomic E-state index is 13.9. The number of aromatic nitrogens is 4. The van der Waals surface area contributed by atoms with Crippen molar-refractivity contribution >= 4 is 17.0 Å². The van der Waals surface area contributed by atoms with Crippen molar-refractivity contribution in [1.29, 1.82) is 5.26 Å². The van der Waals surface area contributed by atoms with Gasteiger partial charge in [-0.25, -0.2) is 4.98 Å². The van der Waals surface area contributed by atoms with Crippen LogP contribution in [0.3, 0.4) is 0 Å². The molecule has 0 fully saturated rings. The summed E-state index contributed by atoms with van der Waals surface area (Å²) in [6.45, 7) is 7.26. The summed E-state index contributed by atoms with van der Waals surface area (Å²) in [7, 11) is 0. The van der Waals surface area contributed by atoms with Gasteiger partial charge in [0.05, 0.1) is 12.5 Å². The molecule has 0 radical (unpaired) electrons. The number of halogens is 1. The highest BCUT2D eigenvalue weighted by atomic mass is 19.1. The van der Waals surface area contributed by atoms with Gasteiger partial charge in [-0.1, -0.05) is 13.8 Å². The molecule has 4 rings (SSSR count). The van der Waals surface area contributed by atoms with Crippen molar-refractivity contribution in [3.05, 3.63) is 35.2 Å². The van der Waals surface area contributed by atoms with E-state index in [1.807, 2.05) is 16.7 Å². The van der Waals surface area contributed by atoms with Crippen LogP contribution in [0.25, 0.3) is 11.2 Å². The lowest BCUT2D eigenvalue weighted by Gasteiger charge is -2.21. The van der Waals surface area contributed by atoms with Crippen molar-refractivity contribution in [2.45, 2.75) is 33.2 Å². The number of nitrogen functional groups attached to an aromatic ring is 1. The number of ether oxygens (including phenoxy) is 2. The Hall–Kier alpha value is -3.45. The SMILES string of the molecule is CC(C)CNCCn1c(Cc2cc3c(cc2CC#N)OCCO3)nc2c(N)nc(F)nc21. The summed E-state index contributed by atoms with van der Waals surface area (Å²) in [4.78, 5) is 12.2. The van der Waals surface area contributed by atoms with Gasteiger partial charge in [-0.3, -0.25) is 0 Å². The van der Waals surface area contributed by atoms with Gasteiger partial charge in [-0.2, -0.15) is 19.6 Å². The monoisotopic (exact) mass is 439 g/mol. The van der Waals surface area contributed by atoms with E-state index in [0.29, 0.717) is 67.1 Å². The van der Waals surface area contributed by atoms with E-state index in [9.17, 15) is 9.65 Å². The Bertz CT molecular complexity index is 1170. The third-order valence-electron chi connectivity index (χ3n) is 5.22. The summed E-state index contributed by atoms with van der Waals surface area (Å²) in [5.74, 6) is 2.44. The van der Waals surface area contributed by atoms with Crippen molar-refractivity contribution in [3.63, 3.8) is 0 Å². The molecule has 0 saturated carbocycles. The Morgan fingerprint density at radius 2 is 1.91 bits per heavy atom. The molecular formula is C22H26FN7O2. The molecule has 32 heavy (non-hydrogen) atoms. The maximum atomic E-state index is 13.9. The number of nitriles is 1. The molecule has 0 atom stereocenters. The molecule has 0 amide bonds. The van der Waals surface area contributed by atoms with Gasteiger partial charge in [0.25, 0.3) is 0 Å². The smallest absolute Gasteiger partial charge is 0.312 e. The van der Waals surface area contributed by atoms with E-state index in [2.05, 4.69) is 40.2 Å². The Morgan fingerprint density at radius 3 is 2.59 bits per heavy atom. The minimum atomic E-state index is -0.887. The molecule has 9 nitrogen and oxygen atoms in total. The number of hydrogen-bond donors (Lipinski definition) is 2. The fourth-order valence-electron chi connectivity index (χ4n) is 3.75. The first-order chi connectivity index (χ1) is 15.5. The summed E-state index contributed by atoms with van der Waals surface area (Å²) >= 11 is 0. The summed E-state index contributed by atoms with van der Waals surface area (Å²) < 4.78 is 27.2. The molecule has 3 aromatic rings. The van der Waals surface area contributed by atoms with Gasteiger partial charge in [0.2, 0.25) is 0 Å². The van der Waals surface area contributed by atoms with Crippen LogP contribution >= 0.6 is 0 Å². The second kappa shape index (κ2) is 9.36. The van der Waals surface area contributed by atoms with Crippen LogP contribution in [0.2, 0.25) is 0 Å². The normalized spacial score (nSPS) is 13.0. The lowest BCUT2D eigenvalue weighted by atomic mass is 10.0. The van der Waals surface area contributed by atoms with Gasteiger partial charge in [0, 0.05) is 19.5 Å². The average Bonchev–Trinajstić information content (AvgIpc) is 3.09. The first kappa shape index (κ1) is 21.8. The van der Waals surface area contributed by atoms with Crippen LogP contribution in [0.15, 0.2) is 12.1 Å². The molecular weight excluding hydrogens is 413 g/mol. The number of nitrogens with two attached hydrogens (primary N) is 1. The van der Waals surface area contributed by atoms with E-state index in [1.165, 1.54) is 0 Å². The van der Waals surface area contributed by atoms with Crippen LogP contribution in [0.1, 0.15) is 30.8 Å². The number of anilines is 1. The first-order valence-corrected chi connectivity index (χ1v) is 10.6. The topological polar surface area (TPSA) is 124 Å². The van der Waals surface area contributed by atoms with Crippen LogP contribution < -0.4 is 20.5 Å². The summed E-state index contributed by atoms with van der Waals surface area (Å²) in [5.41, 5.74) is 8.37. The lowest BCUT2D eigenvalue weighted by molar-refractivity contribution is 0.171. The van der Waals surface area contributed by atoms with Crippen LogP contribution in [-0.2, 0) is 19.4 Å². The Labute approximate surface area is 185 Å². The van der Waals surface area contributed by atoms with Gasteiger partial charge < -0.3 is 25.1 Å². The van der Waals surface area contributed by atoms with E-state index < -0.39 is 6.08 Å². The molecule has 1 aromatic carbocycles. The molecule has 0 bridgehead atoms. The van der Waals surface area contributed by atoms with Crippen molar-refractivity contribution in [1.82, 2.24) is 24.8 Å². The molecule has 3 N–H and O–H groups in total. The van der Waals surface area contributed by atoms with E-state index in [4.69, 9.17) is 15.2 Å². The molecule has 0 spiro atoms. The zero-order valence-corrected chi connectivity index (χ0v) is 18.2. The molecule has 0 saturated heterocycles. The number of nitrogens with one attached hydrogen (secondary N) is 1. The lowest BCUT2D eigenvalue weighted by Crippen LogP contribution is -2.25. The highest BCUT2D eigenvalue weighted by Crippen LogP contribution is 2.34. The van der Waals surface area contributed by atoms with Crippen LogP contribution in [0.4, 0.5) is 10.2 Å². The summed E-state index contributed by atoms with van der Waals surface area (Å²) in [6.07, 6.45) is -0.268. The van der Waals surface area contributed by atoms with Gasteiger partial charge in [0.15, 0.2) is 28.5 Å². The molecule has 3 heterocycles. The number of benzene rings is 1. The Balaban J connectivity index is 1.73. The van der Waals surface area contributed by atoms with Crippen LogP contribution in [0, 0.1) is 23.3 Å². The van der Waals surface area contributed by atoms with Gasteiger partial charge in [-0.05, 0) is 35.7 Å². The number of imidazole rings is 1. The summed E-state index contributed by atoms with van der Waals surface area (Å²) in [6, 6.07) is 5.93. The minimum Gasteiger partial charge on any atom is -0.486 e. The van der Waals surface area contributed by atoms with Crippen molar-refractivity contribution in [2.75, 3.05) is 32.0 Å². The molecule has 10 heteroatoms. The van der Waals surface area contributed by atoms with E-state index in [-0.39, 0.29) is 12.2 Å².